The molecule has 0 aromatic heterocycles. The Kier molecular flexibility index (Phi) is 7.64. The van der Waals surface area contributed by atoms with Crippen molar-refractivity contribution >= 4 is 17.5 Å². The van der Waals surface area contributed by atoms with E-state index in [4.69, 9.17) is 16.3 Å². The van der Waals surface area contributed by atoms with Crippen molar-refractivity contribution in [1.29, 1.82) is 0 Å². The number of hydrogen-bond acceptors (Lipinski definition) is 3. The Morgan fingerprint density at radius 3 is 2.79 bits per heavy atom. The zero-order valence-electron chi connectivity index (χ0n) is 17.0. The first kappa shape index (κ1) is 21.8. The maximum absolute atomic E-state index is 13.6. The van der Waals surface area contributed by atoms with E-state index in [2.05, 4.69) is 18.7 Å². The molecule has 4 nitrogen and oxygen atoms in total. The van der Waals surface area contributed by atoms with E-state index >= 15 is 0 Å². The molecule has 1 aliphatic rings. The maximum Gasteiger partial charge on any atom is 0.254 e. The topological polar surface area (TPSA) is 32.8 Å². The number of carbonyl (C=O) groups excluding carboxylic acids is 1. The van der Waals surface area contributed by atoms with Crippen molar-refractivity contribution in [3.05, 3.63) is 70.5 Å². The van der Waals surface area contributed by atoms with Crippen LogP contribution < -0.4 is 0 Å². The highest BCUT2D eigenvalue weighted by Gasteiger charge is 2.26. The fourth-order valence-electron chi connectivity index (χ4n) is 3.63. The Bertz CT molecular complexity index is 830. The highest BCUT2D eigenvalue weighted by Crippen LogP contribution is 2.19. The van der Waals surface area contributed by atoms with Gasteiger partial charge in [0, 0.05) is 43.3 Å². The standard InChI is InChI=1S/C23H28ClFN2O2/c1-17(2)13-27(23(28)18-7-5-8-20(25)12-18)16-21-15-26(10-11-29-21)14-19-6-3-4-9-22(19)24/h3-9,12,17,21H,10-11,13-16H2,1-2H3/t21-/m0/s1. The van der Waals surface area contributed by atoms with Crippen molar-refractivity contribution in [1.82, 2.24) is 9.80 Å². The van der Waals surface area contributed by atoms with Gasteiger partial charge in [0.2, 0.25) is 0 Å². The summed E-state index contributed by atoms with van der Waals surface area (Å²) in [5.41, 5.74) is 1.46. The quantitative estimate of drug-likeness (QED) is 0.664. The van der Waals surface area contributed by atoms with Gasteiger partial charge in [-0.15, -0.1) is 0 Å². The van der Waals surface area contributed by atoms with Crippen LogP contribution in [0.3, 0.4) is 0 Å². The van der Waals surface area contributed by atoms with Crippen LogP contribution >= 0.6 is 11.6 Å². The minimum Gasteiger partial charge on any atom is -0.374 e. The van der Waals surface area contributed by atoms with E-state index in [1.165, 1.54) is 12.1 Å². The van der Waals surface area contributed by atoms with E-state index in [9.17, 15) is 9.18 Å². The molecule has 1 fully saturated rings. The van der Waals surface area contributed by atoms with E-state index in [-0.39, 0.29) is 12.0 Å². The van der Waals surface area contributed by atoms with Gasteiger partial charge in [-0.3, -0.25) is 9.69 Å². The molecule has 156 valence electrons. The fourth-order valence-corrected chi connectivity index (χ4v) is 3.83. The first-order valence-electron chi connectivity index (χ1n) is 10.0. The second-order valence-electron chi connectivity index (χ2n) is 7.93. The van der Waals surface area contributed by atoms with Gasteiger partial charge in [-0.1, -0.05) is 49.7 Å². The van der Waals surface area contributed by atoms with E-state index in [1.54, 1.807) is 17.0 Å². The van der Waals surface area contributed by atoms with Crippen molar-refractivity contribution in [3.63, 3.8) is 0 Å². The Morgan fingerprint density at radius 1 is 1.28 bits per heavy atom. The third-order valence-electron chi connectivity index (χ3n) is 4.94. The number of amides is 1. The van der Waals surface area contributed by atoms with Crippen molar-refractivity contribution in [3.8, 4) is 0 Å². The third-order valence-corrected chi connectivity index (χ3v) is 5.31. The van der Waals surface area contributed by atoms with Gasteiger partial charge >= 0.3 is 0 Å². The fraction of sp³-hybridized carbons (Fsp3) is 0.435. The smallest absolute Gasteiger partial charge is 0.254 e. The van der Waals surface area contributed by atoms with Crippen LogP contribution in [-0.4, -0.2) is 54.6 Å². The molecule has 1 atom stereocenters. The summed E-state index contributed by atoms with van der Waals surface area (Å²) < 4.78 is 19.5. The van der Waals surface area contributed by atoms with Gasteiger partial charge in [0.1, 0.15) is 5.82 Å². The van der Waals surface area contributed by atoms with Gasteiger partial charge in [-0.25, -0.2) is 4.39 Å². The van der Waals surface area contributed by atoms with Crippen LogP contribution in [0.2, 0.25) is 5.02 Å². The van der Waals surface area contributed by atoms with Gasteiger partial charge in [0.25, 0.3) is 5.91 Å². The molecule has 29 heavy (non-hydrogen) atoms. The predicted octanol–water partition coefficient (Wildman–Crippen LogP) is 4.48. The summed E-state index contributed by atoms with van der Waals surface area (Å²) in [4.78, 5) is 17.1. The van der Waals surface area contributed by atoms with E-state index in [1.807, 2.05) is 24.3 Å². The van der Waals surface area contributed by atoms with Gasteiger partial charge in [-0.05, 0) is 35.7 Å². The molecule has 1 amide bonds. The van der Waals surface area contributed by atoms with Crippen molar-refractivity contribution in [2.24, 2.45) is 5.92 Å². The largest absolute Gasteiger partial charge is 0.374 e. The molecule has 2 aromatic carbocycles. The SMILES string of the molecule is CC(C)CN(C[C@@H]1CN(Cc2ccccc2Cl)CCO1)C(=O)c1cccc(F)c1. The average Bonchev–Trinajstić information content (AvgIpc) is 2.69. The van der Waals surface area contributed by atoms with Crippen LogP contribution in [0.25, 0.3) is 0 Å². The van der Waals surface area contributed by atoms with E-state index in [0.29, 0.717) is 31.2 Å². The van der Waals surface area contributed by atoms with Gasteiger partial charge in [0.05, 0.1) is 12.7 Å². The van der Waals surface area contributed by atoms with E-state index in [0.717, 1.165) is 30.2 Å². The van der Waals surface area contributed by atoms with Gasteiger partial charge in [-0.2, -0.15) is 0 Å². The Labute approximate surface area is 177 Å². The van der Waals surface area contributed by atoms with Gasteiger partial charge in [0.15, 0.2) is 0 Å². The lowest BCUT2D eigenvalue weighted by atomic mass is 10.1. The Balaban J connectivity index is 1.67. The van der Waals surface area contributed by atoms with E-state index < -0.39 is 5.82 Å². The number of benzene rings is 2. The normalized spacial score (nSPS) is 17.5. The van der Waals surface area contributed by atoms with Crippen molar-refractivity contribution < 1.29 is 13.9 Å². The molecule has 1 aliphatic heterocycles. The van der Waals surface area contributed by atoms with Crippen LogP contribution in [0, 0.1) is 11.7 Å². The molecule has 1 heterocycles. The first-order valence-corrected chi connectivity index (χ1v) is 10.4. The lowest BCUT2D eigenvalue weighted by Crippen LogP contribution is -2.49. The van der Waals surface area contributed by atoms with Gasteiger partial charge < -0.3 is 9.64 Å². The summed E-state index contributed by atoms with van der Waals surface area (Å²) in [5.74, 6) is -0.263. The number of morpholine rings is 1. The number of rotatable bonds is 7. The maximum atomic E-state index is 13.6. The van der Waals surface area contributed by atoms with Crippen LogP contribution in [0.1, 0.15) is 29.8 Å². The lowest BCUT2D eigenvalue weighted by Gasteiger charge is -2.36. The molecular formula is C23H28ClFN2O2. The predicted molar refractivity (Wildman–Crippen MR) is 114 cm³/mol. The third kappa shape index (κ3) is 6.26. The molecule has 0 spiro atoms. The molecular weight excluding hydrogens is 391 g/mol. The monoisotopic (exact) mass is 418 g/mol. The number of halogens is 2. The number of ether oxygens (including phenoxy) is 1. The molecule has 0 unspecified atom stereocenters. The minimum absolute atomic E-state index is 0.0949. The number of hydrogen-bond donors (Lipinski definition) is 0. The molecule has 1 saturated heterocycles. The molecule has 0 saturated carbocycles. The van der Waals surface area contributed by atoms with Crippen LogP contribution in [0.4, 0.5) is 4.39 Å². The molecule has 2 aromatic rings. The molecule has 0 bridgehead atoms. The van der Waals surface area contributed by atoms with Crippen LogP contribution in [0.5, 0.6) is 0 Å². The summed E-state index contributed by atoms with van der Waals surface area (Å²) in [5, 5.41) is 0.762. The number of nitrogens with zero attached hydrogens (tertiary/aromatic N) is 2. The zero-order valence-corrected chi connectivity index (χ0v) is 17.7. The molecule has 0 aliphatic carbocycles. The number of carbonyl (C=O) groups is 1. The average molecular weight is 419 g/mol. The minimum atomic E-state index is -0.403. The second-order valence-corrected chi connectivity index (χ2v) is 8.34. The first-order chi connectivity index (χ1) is 13.9. The van der Waals surface area contributed by atoms with Crippen LogP contribution in [-0.2, 0) is 11.3 Å². The summed E-state index contributed by atoms with van der Waals surface area (Å²) in [6.45, 7) is 8.11. The Hall–Kier alpha value is -1.95. The Morgan fingerprint density at radius 2 is 2.07 bits per heavy atom. The second kappa shape index (κ2) is 10.2. The lowest BCUT2D eigenvalue weighted by molar-refractivity contribution is -0.0438. The summed E-state index contributed by atoms with van der Waals surface area (Å²) in [6, 6.07) is 13.7. The molecule has 0 radical (unpaired) electrons. The molecule has 0 N–H and O–H groups in total. The highest BCUT2D eigenvalue weighted by molar-refractivity contribution is 6.31. The summed E-state index contributed by atoms with van der Waals surface area (Å²) >= 11 is 6.30. The zero-order chi connectivity index (χ0) is 20.8. The van der Waals surface area contributed by atoms with Crippen LogP contribution in [0.15, 0.2) is 48.5 Å². The van der Waals surface area contributed by atoms with Crippen molar-refractivity contribution in [2.75, 3.05) is 32.8 Å². The molecule has 6 heteroatoms. The summed E-state index contributed by atoms with van der Waals surface area (Å²) in [6.07, 6.45) is -0.0949. The van der Waals surface area contributed by atoms with Crippen molar-refractivity contribution in [2.45, 2.75) is 26.5 Å². The highest BCUT2D eigenvalue weighted by atomic mass is 35.5. The molecule has 3 rings (SSSR count). The summed E-state index contributed by atoms with van der Waals surface area (Å²) in [7, 11) is 0.